The van der Waals surface area contributed by atoms with E-state index in [2.05, 4.69) is 0 Å². The van der Waals surface area contributed by atoms with Crippen molar-refractivity contribution in [2.45, 2.75) is 13.8 Å². The van der Waals surface area contributed by atoms with Gasteiger partial charge in [0.1, 0.15) is 6.61 Å². The zero-order chi connectivity index (χ0) is 12.8. The number of carboxylic acids is 1. The fourth-order valence-electron chi connectivity index (χ4n) is 1.47. The first-order valence-corrected chi connectivity index (χ1v) is 5.55. The van der Waals surface area contributed by atoms with Crippen LogP contribution in [0.4, 0.5) is 0 Å². The first-order valence-electron chi connectivity index (χ1n) is 5.55. The lowest BCUT2D eigenvalue weighted by Gasteiger charge is -2.17. The van der Waals surface area contributed by atoms with Gasteiger partial charge in [0.15, 0.2) is 11.5 Å². The van der Waals surface area contributed by atoms with Gasteiger partial charge in [0, 0.05) is 0 Å². The van der Waals surface area contributed by atoms with E-state index in [9.17, 15) is 4.79 Å². The number of aliphatic carboxylic acids is 1. The number of hydrogen-bond acceptors (Lipinski definition) is 3. The van der Waals surface area contributed by atoms with Crippen LogP contribution in [0.3, 0.4) is 0 Å². The maximum absolute atomic E-state index is 11.0. The number of ether oxygens (including phenoxy) is 2. The molecule has 0 aromatic heterocycles. The van der Waals surface area contributed by atoms with E-state index in [0.29, 0.717) is 11.5 Å². The molecule has 0 amide bonds. The van der Waals surface area contributed by atoms with Crippen molar-refractivity contribution in [2.24, 2.45) is 11.8 Å². The molecular weight excluding hydrogens is 220 g/mol. The van der Waals surface area contributed by atoms with Crippen molar-refractivity contribution in [1.29, 1.82) is 0 Å². The smallest absolute Gasteiger partial charge is 0.310 e. The number of hydrogen-bond donors (Lipinski definition) is 1. The first kappa shape index (κ1) is 13.4. The third-order valence-corrected chi connectivity index (χ3v) is 2.61. The first-order chi connectivity index (χ1) is 8.06. The molecule has 4 heteroatoms. The molecule has 0 bridgehead atoms. The maximum Gasteiger partial charge on any atom is 0.310 e. The van der Waals surface area contributed by atoms with E-state index in [-0.39, 0.29) is 12.5 Å². The minimum atomic E-state index is -0.838. The van der Waals surface area contributed by atoms with E-state index in [1.165, 1.54) is 0 Å². The Kier molecular flexibility index (Phi) is 4.82. The highest BCUT2D eigenvalue weighted by atomic mass is 16.5. The van der Waals surface area contributed by atoms with E-state index in [1.54, 1.807) is 19.2 Å². The second-order valence-electron chi connectivity index (χ2n) is 4.15. The topological polar surface area (TPSA) is 55.8 Å². The quantitative estimate of drug-likeness (QED) is 0.827. The Balaban J connectivity index is 2.68. The molecule has 0 aliphatic rings. The molecule has 0 saturated heterocycles. The molecule has 0 aliphatic heterocycles. The maximum atomic E-state index is 11.0. The SMILES string of the molecule is COc1ccccc1OCC(C(=O)O)C(C)C. The molecule has 1 rings (SSSR count). The molecule has 94 valence electrons. The van der Waals surface area contributed by atoms with Gasteiger partial charge in [-0.15, -0.1) is 0 Å². The van der Waals surface area contributed by atoms with E-state index in [1.807, 2.05) is 26.0 Å². The molecule has 0 saturated carbocycles. The highest BCUT2D eigenvalue weighted by Crippen LogP contribution is 2.26. The van der Waals surface area contributed by atoms with Gasteiger partial charge in [-0.3, -0.25) is 4.79 Å². The van der Waals surface area contributed by atoms with Gasteiger partial charge < -0.3 is 14.6 Å². The molecular formula is C13H18O4. The van der Waals surface area contributed by atoms with Crippen molar-refractivity contribution < 1.29 is 19.4 Å². The van der Waals surface area contributed by atoms with Crippen molar-refractivity contribution in [3.63, 3.8) is 0 Å². The third kappa shape index (κ3) is 3.66. The molecule has 0 aliphatic carbocycles. The van der Waals surface area contributed by atoms with E-state index in [0.717, 1.165) is 0 Å². The van der Waals surface area contributed by atoms with Crippen LogP contribution in [0, 0.1) is 11.8 Å². The van der Waals surface area contributed by atoms with E-state index < -0.39 is 11.9 Å². The second kappa shape index (κ2) is 6.13. The normalized spacial score (nSPS) is 12.2. The standard InChI is InChI=1S/C13H18O4/c1-9(2)10(13(14)15)8-17-12-7-5-4-6-11(12)16-3/h4-7,9-10H,8H2,1-3H3,(H,14,15). The van der Waals surface area contributed by atoms with E-state index >= 15 is 0 Å². The fraction of sp³-hybridized carbons (Fsp3) is 0.462. The highest BCUT2D eigenvalue weighted by molar-refractivity contribution is 5.70. The largest absolute Gasteiger partial charge is 0.493 e. The van der Waals surface area contributed by atoms with Crippen LogP contribution in [0.1, 0.15) is 13.8 Å². The average Bonchev–Trinajstić information content (AvgIpc) is 2.29. The van der Waals surface area contributed by atoms with Crippen LogP contribution < -0.4 is 9.47 Å². The summed E-state index contributed by atoms with van der Waals surface area (Å²) >= 11 is 0. The van der Waals surface area contributed by atoms with Gasteiger partial charge in [-0.2, -0.15) is 0 Å². The van der Waals surface area contributed by atoms with Crippen molar-refractivity contribution in [3.05, 3.63) is 24.3 Å². The summed E-state index contributed by atoms with van der Waals surface area (Å²) < 4.78 is 10.6. The van der Waals surface area contributed by atoms with Crippen LogP contribution in [0.15, 0.2) is 24.3 Å². The van der Waals surface area contributed by atoms with Crippen molar-refractivity contribution in [3.8, 4) is 11.5 Å². The summed E-state index contributed by atoms with van der Waals surface area (Å²) in [6, 6.07) is 7.20. The van der Waals surface area contributed by atoms with Gasteiger partial charge >= 0.3 is 5.97 Å². The Bertz CT molecular complexity index is 373. The van der Waals surface area contributed by atoms with Gasteiger partial charge in [-0.1, -0.05) is 26.0 Å². The molecule has 1 N–H and O–H groups in total. The summed E-state index contributed by atoms with van der Waals surface area (Å²) in [5, 5.41) is 9.04. The van der Waals surface area contributed by atoms with Crippen LogP contribution in [0.25, 0.3) is 0 Å². The summed E-state index contributed by atoms with van der Waals surface area (Å²) in [6.45, 7) is 3.88. The Morgan fingerprint density at radius 3 is 2.35 bits per heavy atom. The zero-order valence-corrected chi connectivity index (χ0v) is 10.3. The van der Waals surface area contributed by atoms with E-state index in [4.69, 9.17) is 14.6 Å². The highest BCUT2D eigenvalue weighted by Gasteiger charge is 2.22. The minimum Gasteiger partial charge on any atom is -0.493 e. The Morgan fingerprint density at radius 2 is 1.88 bits per heavy atom. The lowest BCUT2D eigenvalue weighted by Crippen LogP contribution is -2.26. The van der Waals surface area contributed by atoms with Crippen LogP contribution in [0.5, 0.6) is 11.5 Å². The van der Waals surface area contributed by atoms with Crippen LogP contribution in [0.2, 0.25) is 0 Å². The van der Waals surface area contributed by atoms with Gasteiger partial charge in [0.2, 0.25) is 0 Å². The van der Waals surface area contributed by atoms with Crippen molar-refractivity contribution >= 4 is 5.97 Å². The summed E-state index contributed by atoms with van der Waals surface area (Å²) in [5.41, 5.74) is 0. The number of para-hydroxylation sites is 2. The Hall–Kier alpha value is -1.71. The molecule has 0 spiro atoms. The molecule has 4 nitrogen and oxygen atoms in total. The zero-order valence-electron chi connectivity index (χ0n) is 10.3. The van der Waals surface area contributed by atoms with Gasteiger partial charge in [0.05, 0.1) is 13.0 Å². The molecule has 0 fully saturated rings. The van der Waals surface area contributed by atoms with Gasteiger partial charge in [-0.05, 0) is 18.1 Å². The number of methoxy groups -OCH3 is 1. The summed E-state index contributed by atoms with van der Waals surface area (Å²) in [5.74, 6) is -0.140. The van der Waals surface area contributed by atoms with Crippen molar-refractivity contribution in [2.75, 3.05) is 13.7 Å². The molecule has 17 heavy (non-hydrogen) atoms. The number of carbonyl (C=O) groups is 1. The minimum absolute atomic E-state index is 0.0298. The lowest BCUT2D eigenvalue weighted by molar-refractivity contribution is -0.144. The Labute approximate surface area is 101 Å². The molecule has 1 aromatic rings. The molecule has 0 radical (unpaired) electrons. The predicted octanol–water partition coefficient (Wildman–Crippen LogP) is 2.43. The average molecular weight is 238 g/mol. The molecule has 0 heterocycles. The van der Waals surface area contributed by atoms with Crippen LogP contribution in [-0.2, 0) is 4.79 Å². The van der Waals surface area contributed by atoms with Crippen LogP contribution >= 0.6 is 0 Å². The number of carboxylic acid groups (broad SMARTS) is 1. The summed E-state index contributed by atoms with van der Waals surface area (Å²) in [7, 11) is 1.55. The van der Waals surface area contributed by atoms with Gasteiger partial charge in [0.25, 0.3) is 0 Å². The molecule has 1 atom stereocenters. The number of rotatable bonds is 6. The van der Waals surface area contributed by atoms with Crippen LogP contribution in [-0.4, -0.2) is 24.8 Å². The summed E-state index contributed by atoms with van der Waals surface area (Å²) in [6.07, 6.45) is 0. The lowest BCUT2D eigenvalue weighted by atomic mass is 9.97. The van der Waals surface area contributed by atoms with Crippen molar-refractivity contribution in [1.82, 2.24) is 0 Å². The summed E-state index contributed by atoms with van der Waals surface area (Å²) in [4.78, 5) is 11.0. The number of benzene rings is 1. The Morgan fingerprint density at radius 1 is 1.29 bits per heavy atom. The molecule has 1 aromatic carbocycles. The fourth-order valence-corrected chi connectivity index (χ4v) is 1.47. The molecule has 1 unspecified atom stereocenters. The predicted molar refractivity (Wildman–Crippen MR) is 64.5 cm³/mol. The second-order valence-corrected chi connectivity index (χ2v) is 4.15. The monoisotopic (exact) mass is 238 g/mol. The third-order valence-electron chi connectivity index (χ3n) is 2.61. The van der Waals surface area contributed by atoms with Gasteiger partial charge in [-0.25, -0.2) is 0 Å².